The molecule has 3 heteroatoms. The van der Waals surface area contributed by atoms with E-state index in [9.17, 15) is 4.79 Å². The van der Waals surface area contributed by atoms with E-state index in [4.69, 9.17) is 5.73 Å². The fraction of sp³-hybridized carbons (Fsp3) is 0.200. The van der Waals surface area contributed by atoms with E-state index < -0.39 is 0 Å². The van der Waals surface area contributed by atoms with E-state index in [1.807, 2.05) is 0 Å². The van der Waals surface area contributed by atoms with Crippen molar-refractivity contribution in [2.45, 2.75) is 0 Å². The lowest BCUT2D eigenvalue weighted by molar-refractivity contribution is -0.102. The Kier molecular flexibility index (Phi) is 3.48. The summed E-state index contributed by atoms with van der Waals surface area (Å²) in [6.07, 6.45) is 1.75. The predicted molar refractivity (Wildman–Crippen MR) is 32.8 cm³/mol. The molecule has 0 bridgehead atoms. The summed E-state index contributed by atoms with van der Waals surface area (Å²) in [5.74, 6) is 0. The Morgan fingerprint density at radius 3 is 2.88 bits per heavy atom. The van der Waals surface area contributed by atoms with Gasteiger partial charge in [-0.2, -0.15) is 0 Å². The van der Waals surface area contributed by atoms with Gasteiger partial charge in [0.05, 0.1) is 12.8 Å². The van der Waals surface area contributed by atoms with Crippen LogP contribution in [0.2, 0.25) is 0 Å². The first-order chi connectivity index (χ1) is 3.77. The maximum Gasteiger partial charge on any atom is 0.160 e. The Morgan fingerprint density at radius 1 is 1.88 bits per heavy atom. The molecule has 0 spiro atoms. The van der Waals surface area contributed by atoms with Crippen LogP contribution < -0.4 is 5.73 Å². The van der Waals surface area contributed by atoms with Crippen molar-refractivity contribution in [2.75, 3.05) is 6.54 Å². The van der Waals surface area contributed by atoms with E-state index in [2.05, 4.69) is 11.6 Å². The molecule has 0 radical (unpaired) electrons. The average molecular weight is 112 g/mol. The summed E-state index contributed by atoms with van der Waals surface area (Å²) in [6.45, 7) is 3.71. The third-order valence-corrected chi connectivity index (χ3v) is 0.461. The second kappa shape index (κ2) is 4.05. The average Bonchev–Trinajstić information content (AvgIpc) is 1.66. The highest BCUT2D eigenvalue weighted by Gasteiger charge is 1.75. The van der Waals surface area contributed by atoms with Gasteiger partial charge in [-0.1, -0.05) is 6.58 Å². The molecule has 0 atom stereocenters. The fourth-order valence-electron chi connectivity index (χ4n) is 0.213. The quantitative estimate of drug-likeness (QED) is 0.403. The van der Waals surface area contributed by atoms with Crippen molar-refractivity contribution < 1.29 is 4.79 Å². The monoisotopic (exact) mass is 112 g/mol. The van der Waals surface area contributed by atoms with Crippen LogP contribution in [-0.4, -0.2) is 19.0 Å². The second-order valence-corrected chi connectivity index (χ2v) is 1.28. The van der Waals surface area contributed by atoms with Crippen molar-refractivity contribution in [2.24, 2.45) is 10.7 Å². The number of nitrogens with zero attached hydrogens (tertiary/aromatic N) is 1. The summed E-state index contributed by atoms with van der Waals surface area (Å²) in [4.78, 5) is 13.1. The maximum absolute atomic E-state index is 9.57. The predicted octanol–water partition coefficient (Wildman–Crippen LogP) is -0.272. The van der Waals surface area contributed by atoms with Crippen LogP contribution in [0, 0.1) is 0 Å². The Morgan fingerprint density at radius 2 is 2.50 bits per heavy atom. The van der Waals surface area contributed by atoms with Crippen molar-refractivity contribution in [3.63, 3.8) is 0 Å². The first-order valence-electron chi connectivity index (χ1n) is 2.14. The topological polar surface area (TPSA) is 55.4 Å². The Balaban J connectivity index is 3.29. The van der Waals surface area contributed by atoms with Crippen LogP contribution in [-0.2, 0) is 4.79 Å². The molecule has 0 aromatic heterocycles. The lowest BCUT2D eigenvalue weighted by atomic mass is 10.5. The van der Waals surface area contributed by atoms with Crippen molar-refractivity contribution in [3.8, 4) is 0 Å². The molecule has 0 saturated heterocycles. The van der Waals surface area contributed by atoms with E-state index in [-0.39, 0.29) is 0 Å². The molecule has 44 valence electrons. The summed E-state index contributed by atoms with van der Waals surface area (Å²) < 4.78 is 0. The number of hydrogen-bond acceptors (Lipinski definition) is 3. The Labute approximate surface area is 47.9 Å². The summed E-state index contributed by atoms with van der Waals surface area (Å²) in [5.41, 5.74) is 5.57. The van der Waals surface area contributed by atoms with Gasteiger partial charge in [-0.25, -0.2) is 0 Å². The first kappa shape index (κ1) is 6.88. The van der Waals surface area contributed by atoms with E-state index in [0.717, 1.165) is 6.21 Å². The van der Waals surface area contributed by atoms with Gasteiger partial charge in [0.25, 0.3) is 0 Å². The fourth-order valence-corrected chi connectivity index (χ4v) is 0.213. The van der Waals surface area contributed by atoms with Crippen LogP contribution in [0.1, 0.15) is 0 Å². The summed E-state index contributed by atoms with van der Waals surface area (Å²) in [6, 6.07) is 0. The Hall–Kier alpha value is -1.12. The third-order valence-electron chi connectivity index (χ3n) is 0.461. The van der Waals surface area contributed by atoms with Gasteiger partial charge >= 0.3 is 0 Å². The van der Waals surface area contributed by atoms with Gasteiger partial charge < -0.3 is 5.73 Å². The van der Waals surface area contributed by atoms with Crippen LogP contribution in [0.15, 0.2) is 17.3 Å². The van der Waals surface area contributed by atoms with Gasteiger partial charge in [0.15, 0.2) is 6.29 Å². The number of nitrogens with two attached hydrogens (primary N) is 1. The SMILES string of the molecule is C=C(N)CN=CC=O. The van der Waals surface area contributed by atoms with Crippen LogP contribution >= 0.6 is 0 Å². The molecule has 0 fully saturated rings. The zero-order chi connectivity index (χ0) is 6.41. The molecule has 0 aromatic rings. The van der Waals surface area contributed by atoms with Crippen molar-refractivity contribution in [1.82, 2.24) is 0 Å². The van der Waals surface area contributed by atoms with E-state index in [1.54, 1.807) is 0 Å². The van der Waals surface area contributed by atoms with Gasteiger partial charge in [0.2, 0.25) is 0 Å². The molecule has 0 saturated carbocycles. The van der Waals surface area contributed by atoms with Crippen LogP contribution in [0.3, 0.4) is 0 Å². The van der Waals surface area contributed by atoms with Crippen LogP contribution in [0.25, 0.3) is 0 Å². The number of rotatable bonds is 3. The van der Waals surface area contributed by atoms with E-state index in [0.29, 0.717) is 18.5 Å². The number of aliphatic imine (C=N–C) groups is 1. The van der Waals surface area contributed by atoms with Gasteiger partial charge in [0, 0.05) is 5.70 Å². The van der Waals surface area contributed by atoms with Crippen LogP contribution in [0.5, 0.6) is 0 Å². The van der Waals surface area contributed by atoms with Gasteiger partial charge in [0.1, 0.15) is 0 Å². The van der Waals surface area contributed by atoms with E-state index >= 15 is 0 Å². The molecular formula is C5H8N2O. The second-order valence-electron chi connectivity index (χ2n) is 1.28. The minimum absolute atomic E-state index is 0.332. The molecule has 0 aliphatic carbocycles. The van der Waals surface area contributed by atoms with Crippen molar-refractivity contribution >= 4 is 12.5 Å². The highest BCUT2D eigenvalue weighted by Crippen LogP contribution is 1.74. The Bertz CT molecular complexity index is 118. The molecule has 0 aliphatic rings. The molecular weight excluding hydrogens is 104 g/mol. The van der Waals surface area contributed by atoms with Crippen molar-refractivity contribution in [3.05, 3.63) is 12.3 Å². The molecule has 0 amide bonds. The maximum atomic E-state index is 9.57. The summed E-state index contributed by atoms with van der Waals surface area (Å²) in [7, 11) is 0. The van der Waals surface area contributed by atoms with E-state index in [1.165, 1.54) is 0 Å². The van der Waals surface area contributed by atoms with Gasteiger partial charge in [-0.05, 0) is 0 Å². The van der Waals surface area contributed by atoms with Crippen LogP contribution in [0.4, 0.5) is 0 Å². The standard InChI is InChI=1S/C5H8N2O/c1-5(6)4-7-2-3-8/h2-3H,1,4,6H2. The number of carbonyl (C=O) groups excluding carboxylic acids is 1. The molecule has 0 rings (SSSR count). The first-order valence-corrected chi connectivity index (χ1v) is 2.14. The lowest BCUT2D eigenvalue weighted by Crippen LogP contribution is -1.98. The zero-order valence-electron chi connectivity index (χ0n) is 4.50. The highest BCUT2D eigenvalue weighted by atomic mass is 16.1. The smallest absolute Gasteiger partial charge is 0.160 e. The van der Waals surface area contributed by atoms with Crippen molar-refractivity contribution in [1.29, 1.82) is 0 Å². The molecule has 3 nitrogen and oxygen atoms in total. The minimum atomic E-state index is 0.332. The number of hydrogen-bond donors (Lipinski definition) is 1. The molecule has 2 N–H and O–H groups in total. The summed E-state index contributed by atoms with van der Waals surface area (Å²) in [5, 5.41) is 0. The molecule has 0 unspecified atom stereocenters. The lowest BCUT2D eigenvalue weighted by Gasteiger charge is -1.86. The molecule has 0 aromatic carbocycles. The number of carbonyl (C=O) groups is 1. The normalized spacial score (nSPS) is 9.50. The third kappa shape index (κ3) is 4.88. The molecule has 8 heavy (non-hydrogen) atoms. The zero-order valence-corrected chi connectivity index (χ0v) is 4.50. The van der Waals surface area contributed by atoms with Gasteiger partial charge in [-0.15, -0.1) is 0 Å². The summed E-state index contributed by atoms with van der Waals surface area (Å²) >= 11 is 0. The molecule has 0 aliphatic heterocycles. The molecule has 0 heterocycles. The number of aldehydes is 1. The largest absolute Gasteiger partial charge is 0.401 e. The van der Waals surface area contributed by atoms with Gasteiger partial charge in [-0.3, -0.25) is 9.79 Å². The highest BCUT2D eigenvalue weighted by molar-refractivity contribution is 6.12. The minimum Gasteiger partial charge on any atom is -0.401 e.